The summed E-state index contributed by atoms with van der Waals surface area (Å²) in [4.78, 5) is 39.7. The second kappa shape index (κ2) is 7.69. The maximum absolute atomic E-state index is 12.7. The Morgan fingerprint density at radius 1 is 1.37 bits per heavy atom. The number of hydrogen-bond donors (Lipinski definition) is 0. The second-order valence-electron chi connectivity index (χ2n) is 6.62. The molecule has 2 aromatic rings. The molecule has 0 radical (unpaired) electrons. The molecule has 1 fully saturated rings. The lowest BCUT2D eigenvalue weighted by Gasteiger charge is -2.20. The van der Waals surface area contributed by atoms with Crippen LogP contribution in [0.25, 0.3) is 0 Å². The molecule has 1 atom stereocenters. The molecule has 1 aliphatic rings. The third kappa shape index (κ3) is 4.05. The monoisotopic (exact) mass is 374 g/mol. The lowest BCUT2D eigenvalue weighted by atomic mass is 10.1. The van der Waals surface area contributed by atoms with Gasteiger partial charge in [-0.1, -0.05) is 0 Å². The molecule has 8 heteroatoms. The fraction of sp³-hybridized carbons (Fsp3) is 0.421. The first-order valence-corrected chi connectivity index (χ1v) is 8.61. The minimum absolute atomic E-state index is 0.0695. The number of esters is 1. The van der Waals surface area contributed by atoms with Crippen LogP contribution in [0.1, 0.15) is 34.1 Å². The van der Waals surface area contributed by atoms with Gasteiger partial charge in [-0.3, -0.25) is 9.59 Å². The molecule has 8 nitrogen and oxygen atoms in total. The van der Waals surface area contributed by atoms with Crippen LogP contribution in [0.3, 0.4) is 0 Å². The third-order valence-electron chi connectivity index (χ3n) is 4.63. The van der Waals surface area contributed by atoms with E-state index in [9.17, 15) is 14.4 Å². The number of methoxy groups -OCH3 is 1. The Labute approximate surface area is 156 Å². The standard InChI is InChI=1S/C19H22N2O6/c1-12-16(19(24)25-3)8-15(27-12)10-20(2)18(23)13-7-17(22)21(9-13)11-14-5-4-6-26-14/h4-6,8,13H,7,9-11H2,1-3H3. The zero-order chi connectivity index (χ0) is 19.6. The number of nitrogens with zero attached hydrogens (tertiary/aromatic N) is 2. The van der Waals surface area contributed by atoms with Crippen molar-refractivity contribution in [3.63, 3.8) is 0 Å². The lowest BCUT2D eigenvalue weighted by Crippen LogP contribution is -2.34. The van der Waals surface area contributed by atoms with Crippen LogP contribution in [-0.2, 0) is 27.4 Å². The summed E-state index contributed by atoms with van der Waals surface area (Å²) in [6.07, 6.45) is 1.73. The van der Waals surface area contributed by atoms with E-state index in [1.165, 1.54) is 12.0 Å². The molecule has 1 unspecified atom stereocenters. The SMILES string of the molecule is COC(=O)c1cc(CN(C)C(=O)C2CC(=O)N(Cc3ccco3)C2)oc1C. The van der Waals surface area contributed by atoms with E-state index < -0.39 is 11.9 Å². The number of likely N-dealkylation sites (tertiary alicyclic amines) is 1. The van der Waals surface area contributed by atoms with E-state index in [1.807, 2.05) is 0 Å². The van der Waals surface area contributed by atoms with Crippen molar-refractivity contribution in [2.75, 3.05) is 20.7 Å². The molecule has 0 aromatic carbocycles. The number of furan rings is 2. The molecule has 1 saturated heterocycles. The Kier molecular flexibility index (Phi) is 5.34. The summed E-state index contributed by atoms with van der Waals surface area (Å²) < 4.78 is 15.5. The van der Waals surface area contributed by atoms with E-state index in [4.69, 9.17) is 13.6 Å². The van der Waals surface area contributed by atoms with E-state index in [-0.39, 0.29) is 24.8 Å². The molecule has 2 aromatic heterocycles. The highest BCUT2D eigenvalue weighted by Crippen LogP contribution is 2.23. The maximum atomic E-state index is 12.7. The molecule has 27 heavy (non-hydrogen) atoms. The molecule has 0 saturated carbocycles. The van der Waals surface area contributed by atoms with Crippen LogP contribution in [-0.4, -0.2) is 48.3 Å². The molecule has 0 bridgehead atoms. The van der Waals surface area contributed by atoms with E-state index in [0.717, 1.165) is 0 Å². The zero-order valence-electron chi connectivity index (χ0n) is 15.6. The average molecular weight is 374 g/mol. The Balaban J connectivity index is 1.60. The topological polar surface area (TPSA) is 93.2 Å². The maximum Gasteiger partial charge on any atom is 0.341 e. The summed E-state index contributed by atoms with van der Waals surface area (Å²) >= 11 is 0. The van der Waals surface area contributed by atoms with Gasteiger partial charge in [0.25, 0.3) is 0 Å². The van der Waals surface area contributed by atoms with E-state index in [0.29, 0.717) is 35.9 Å². The summed E-state index contributed by atoms with van der Waals surface area (Å²) in [5.74, 6) is 0.518. The van der Waals surface area contributed by atoms with Gasteiger partial charge in [0.1, 0.15) is 22.8 Å². The quantitative estimate of drug-likeness (QED) is 0.718. The van der Waals surface area contributed by atoms with Crippen LogP contribution in [0.4, 0.5) is 0 Å². The average Bonchev–Trinajstić information content (AvgIpc) is 3.36. The summed E-state index contributed by atoms with van der Waals surface area (Å²) in [6.45, 7) is 2.59. The van der Waals surface area contributed by atoms with Crippen molar-refractivity contribution in [2.24, 2.45) is 5.92 Å². The fourth-order valence-electron chi connectivity index (χ4n) is 3.24. The molecule has 0 N–H and O–H groups in total. The number of carbonyl (C=O) groups is 3. The second-order valence-corrected chi connectivity index (χ2v) is 6.62. The van der Waals surface area contributed by atoms with Crippen LogP contribution in [0.2, 0.25) is 0 Å². The number of amides is 2. The predicted molar refractivity (Wildman–Crippen MR) is 93.5 cm³/mol. The van der Waals surface area contributed by atoms with Crippen LogP contribution >= 0.6 is 0 Å². The molecule has 3 rings (SSSR count). The first kappa shape index (κ1) is 18.8. The Morgan fingerprint density at radius 2 is 2.15 bits per heavy atom. The highest BCUT2D eigenvalue weighted by atomic mass is 16.5. The van der Waals surface area contributed by atoms with Crippen LogP contribution in [0.5, 0.6) is 0 Å². The molecule has 0 aliphatic carbocycles. The smallest absolute Gasteiger partial charge is 0.341 e. The normalized spacial score (nSPS) is 16.6. The number of aryl methyl sites for hydroxylation is 1. The lowest BCUT2D eigenvalue weighted by molar-refractivity contribution is -0.135. The van der Waals surface area contributed by atoms with Gasteiger partial charge in [-0.05, 0) is 25.1 Å². The first-order chi connectivity index (χ1) is 12.9. The number of ether oxygens (including phenoxy) is 1. The van der Waals surface area contributed by atoms with Gasteiger partial charge in [-0.15, -0.1) is 0 Å². The highest BCUT2D eigenvalue weighted by Gasteiger charge is 2.36. The summed E-state index contributed by atoms with van der Waals surface area (Å²) in [7, 11) is 2.95. The van der Waals surface area contributed by atoms with Crippen molar-refractivity contribution >= 4 is 17.8 Å². The molecule has 0 spiro atoms. The van der Waals surface area contributed by atoms with Gasteiger partial charge < -0.3 is 23.4 Å². The van der Waals surface area contributed by atoms with Crippen molar-refractivity contribution in [1.29, 1.82) is 0 Å². The zero-order valence-corrected chi connectivity index (χ0v) is 15.6. The van der Waals surface area contributed by atoms with E-state index >= 15 is 0 Å². The predicted octanol–water partition coefficient (Wildman–Crippen LogP) is 1.97. The molecular formula is C19H22N2O6. The van der Waals surface area contributed by atoms with E-state index in [2.05, 4.69) is 0 Å². The van der Waals surface area contributed by atoms with Gasteiger partial charge in [-0.25, -0.2) is 4.79 Å². The van der Waals surface area contributed by atoms with Crippen molar-refractivity contribution in [3.05, 3.63) is 47.3 Å². The van der Waals surface area contributed by atoms with Crippen molar-refractivity contribution in [2.45, 2.75) is 26.4 Å². The Bertz CT molecular complexity index is 839. The molecular weight excluding hydrogens is 352 g/mol. The Hall–Kier alpha value is -3.03. The van der Waals surface area contributed by atoms with Gasteiger partial charge in [0.15, 0.2) is 0 Å². The fourth-order valence-corrected chi connectivity index (χ4v) is 3.24. The van der Waals surface area contributed by atoms with Gasteiger partial charge in [0.2, 0.25) is 11.8 Å². The van der Waals surface area contributed by atoms with Gasteiger partial charge in [0.05, 0.1) is 32.4 Å². The minimum atomic E-state index is -0.480. The van der Waals surface area contributed by atoms with Crippen molar-refractivity contribution < 1.29 is 28.0 Å². The molecule has 144 valence electrons. The van der Waals surface area contributed by atoms with Gasteiger partial charge in [0, 0.05) is 20.0 Å². The summed E-state index contributed by atoms with van der Waals surface area (Å²) in [6, 6.07) is 5.14. The number of rotatable bonds is 6. The summed E-state index contributed by atoms with van der Waals surface area (Å²) in [5, 5.41) is 0. The van der Waals surface area contributed by atoms with Gasteiger partial charge in [-0.2, -0.15) is 0 Å². The van der Waals surface area contributed by atoms with E-state index in [1.54, 1.807) is 43.3 Å². The van der Waals surface area contributed by atoms with Crippen molar-refractivity contribution in [3.8, 4) is 0 Å². The van der Waals surface area contributed by atoms with Gasteiger partial charge >= 0.3 is 5.97 Å². The third-order valence-corrected chi connectivity index (χ3v) is 4.63. The first-order valence-electron chi connectivity index (χ1n) is 8.61. The van der Waals surface area contributed by atoms with Crippen molar-refractivity contribution in [1.82, 2.24) is 9.80 Å². The number of carbonyl (C=O) groups excluding carboxylic acids is 3. The number of hydrogen-bond acceptors (Lipinski definition) is 6. The van der Waals surface area contributed by atoms with Crippen LogP contribution < -0.4 is 0 Å². The molecule has 3 heterocycles. The van der Waals surface area contributed by atoms with Crippen LogP contribution in [0, 0.1) is 12.8 Å². The largest absolute Gasteiger partial charge is 0.467 e. The molecule has 1 aliphatic heterocycles. The minimum Gasteiger partial charge on any atom is -0.467 e. The summed E-state index contributed by atoms with van der Waals surface area (Å²) in [5.41, 5.74) is 0.342. The Morgan fingerprint density at radius 3 is 2.81 bits per heavy atom. The highest BCUT2D eigenvalue weighted by molar-refractivity contribution is 5.91. The molecule has 2 amide bonds. The van der Waals surface area contributed by atoms with Crippen LogP contribution in [0.15, 0.2) is 33.3 Å².